The Balaban J connectivity index is 2.01. The second-order valence-corrected chi connectivity index (χ2v) is 6.89. The highest BCUT2D eigenvalue weighted by Gasteiger charge is 2.11. The molecule has 26 heavy (non-hydrogen) atoms. The lowest BCUT2D eigenvalue weighted by Crippen LogP contribution is -2.19. The van der Waals surface area contributed by atoms with Gasteiger partial charge in [-0.1, -0.05) is 34.0 Å². The van der Waals surface area contributed by atoms with Gasteiger partial charge >= 0.3 is 0 Å². The van der Waals surface area contributed by atoms with Gasteiger partial charge in [0.15, 0.2) is 11.5 Å². The molecule has 0 aromatic heterocycles. The topological polar surface area (TPSA) is 59.9 Å². The monoisotopic (exact) mass is 478 g/mol. The van der Waals surface area contributed by atoms with Crippen LogP contribution in [0.3, 0.4) is 0 Å². The number of carbonyl (C=O) groups is 1. The Bertz CT molecular complexity index is 843. The summed E-state index contributed by atoms with van der Waals surface area (Å²) in [6.45, 7) is 0.133. The van der Waals surface area contributed by atoms with Crippen molar-refractivity contribution < 1.29 is 14.3 Å². The molecule has 1 amide bonds. The number of hydrogen-bond acceptors (Lipinski definition) is 4. The molecule has 0 bridgehead atoms. The van der Waals surface area contributed by atoms with Crippen LogP contribution in [0.5, 0.6) is 11.5 Å². The zero-order valence-electron chi connectivity index (χ0n) is 14.0. The molecule has 2 rings (SSSR count). The van der Waals surface area contributed by atoms with E-state index in [-0.39, 0.29) is 18.9 Å². The van der Waals surface area contributed by atoms with Crippen LogP contribution in [-0.4, -0.2) is 25.8 Å². The van der Waals surface area contributed by atoms with Gasteiger partial charge in [0.05, 0.1) is 24.2 Å². The van der Waals surface area contributed by atoms with Gasteiger partial charge in [-0.15, -0.1) is 6.42 Å². The molecule has 0 saturated carbocycles. The molecule has 0 fully saturated rings. The summed E-state index contributed by atoms with van der Waals surface area (Å²) in [5.74, 6) is 3.23. The van der Waals surface area contributed by atoms with E-state index in [4.69, 9.17) is 15.9 Å². The molecule has 5 nitrogen and oxygen atoms in total. The number of amides is 1. The lowest BCUT2D eigenvalue weighted by Gasteiger charge is -2.11. The lowest BCUT2D eigenvalue weighted by atomic mass is 10.1. The van der Waals surface area contributed by atoms with Crippen molar-refractivity contribution >= 4 is 44.0 Å². The van der Waals surface area contributed by atoms with E-state index in [0.717, 1.165) is 15.6 Å². The fourth-order valence-electron chi connectivity index (χ4n) is 2.07. The number of hydrogen-bond donors (Lipinski definition) is 1. The molecule has 0 atom stereocenters. The molecule has 0 aliphatic heterocycles. The first-order valence-electron chi connectivity index (χ1n) is 7.53. The maximum Gasteiger partial charge on any atom is 0.244 e. The van der Waals surface area contributed by atoms with Crippen LogP contribution in [0.1, 0.15) is 11.1 Å². The third kappa shape index (κ3) is 5.90. The van der Waals surface area contributed by atoms with Crippen molar-refractivity contribution in [1.29, 1.82) is 0 Å². The fourth-order valence-corrected chi connectivity index (χ4v) is 2.91. The van der Waals surface area contributed by atoms with Crippen LogP contribution in [0, 0.1) is 12.3 Å². The van der Waals surface area contributed by atoms with Crippen LogP contribution in [0.15, 0.2) is 50.4 Å². The number of ether oxygens (including phenoxy) is 2. The van der Waals surface area contributed by atoms with Gasteiger partial charge in [0, 0.05) is 4.47 Å². The first-order chi connectivity index (χ1) is 12.5. The Kier molecular flexibility index (Phi) is 7.70. The first kappa shape index (κ1) is 20.0. The zero-order chi connectivity index (χ0) is 18.9. The van der Waals surface area contributed by atoms with Gasteiger partial charge in [-0.3, -0.25) is 4.79 Å². The van der Waals surface area contributed by atoms with Gasteiger partial charge in [0.2, 0.25) is 5.91 Å². The van der Waals surface area contributed by atoms with E-state index in [1.807, 2.05) is 24.3 Å². The predicted molar refractivity (Wildman–Crippen MR) is 109 cm³/mol. The van der Waals surface area contributed by atoms with Crippen LogP contribution >= 0.6 is 31.9 Å². The van der Waals surface area contributed by atoms with Gasteiger partial charge in [-0.25, -0.2) is 5.43 Å². The van der Waals surface area contributed by atoms with Crippen LogP contribution in [0.2, 0.25) is 0 Å². The quantitative estimate of drug-likeness (QED) is 0.372. The Hall–Kier alpha value is -2.30. The summed E-state index contributed by atoms with van der Waals surface area (Å²) in [7, 11) is 1.53. The maximum absolute atomic E-state index is 11.9. The fraction of sp³-hybridized carbons (Fsp3) is 0.158. The number of halogens is 2. The number of rotatable bonds is 7. The second kappa shape index (κ2) is 10.00. The van der Waals surface area contributed by atoms with E-state index < -0.39 is 0 Å². The predicted octanol–water partition coefficient (Wildman–Crippen LogP) is 3.93. The molecule has 0 unspecified atom stereocenters. The van der Waals surface area contributed by atoms with Crippen molar-refractivity contribution in [1.82, 2.24) is 5.43 Å². The number of nitrogens with zero attached hydrogens (tertiary/aromatic N) is 1. The SMILES string of the molecule is C#CCOc1c(Br)cc(/C=N\NC(=O)Cc2ccc(Br)cc2)cc1OC. The van der Waals surface area contributed by atoms with Crippen LogP contribution in [0.25, 0.3) is 0 Å². The minimum absolute atomic E-state index is 0.133. The van der Waals surface area contributed by atoms with Crippen molar-refractivity contribution in [2.24, 2.45) is 5.10 Å². The smallest absolute Gasteiger partial charge is 0.244 e. The van der Waals surface area contributed by atoms with Gasteiger partial charge in [0.1, 0.15) is 6.61 Å². The number of nitrogens with one attached hydrogen (secondary N) is 1. The van der Waals surface area contributed by atoms with E-state index in [9.17, 15) is 4.79 Å². The molecule has 2 aromatic rings. The third-order valence-corrected chi connectivity index (χ3v) is 4.35. The molecule has 7 heteroatoms. The lowest BCUT2D eigenvalue weighted by molar-refractivity contribution is -0.120. The van der Waals surface area contributed by atoms with Crippen molar-refractivity contribution in [3.05, 3.63) is 56.5 Å². The molecular formula is C19H16Br2N2O3. The molecule has 0 aliphatic rings. The Morgan fingerprint density at radius 1 is 1.31 bits per heavy atom. The minimum atomic E-state index is -0.205. The maximum atomic E-state index is 11.9. The average molecular weight is 480 g/mol. The summed E-state index contributed by atoms with van der Waals surface area (Å²) < 4.78 is 12.4. The minimum Gasteiger partial charge on any atom is -0.493 e. The summed E-state index contributed by atoms with van der Waals surface area (Å²) in [5.41, 5.74) is 4.14. The van der Waals surface area contributed by atoms with Crippen LogP contribution in [-0.2, 0) is 11.2 Å². The summed E-state index contributed by atoms with van der Waals surface area (Å²) in [4.78, 5) is 11.9. The third-order valence-electron chi connectivity index (χ3n) is 3.23. The molecule has 1 N–H and O–H groups in total. The molecule has 0 heterocycles. The number of methoxy groups -OCH3 is 1. The van der Waals surface area contributed by atoms with E-state index in [2.05, 4.69) is 48.3 Å². The van der Waals surface area contributed by atoms with Crippen molar-refractivity contribution in [3.63, 3.8) is 0 Å². The van der Waals surface area contributed by atoms with Crippen LogP contribution in [0.4, 0.5) is 0 Å². The molecule has 2 aromatic carbocycles. The average Bonchev–Trinajstić information content (AvgIpc) is 2.62. The van der Waals surface area contributed by atoms with Crippen molar-refractivity contribution in [2.45, 2.75) is 6.42 Å². The van der Waals surface area contributed by atoms with E-state index >= 15 is 0 Å². The molecule has 0 spiro atoms. The van der Waals surface area contributed by atoms with Crippen molar-refractivity contribution in [3.8, 4) is 23.8 Å². The van der Waals surface area contributed by atoms with E-state index in [0.29, 0.717) is 16.0 Å². The highest BCUT2D eigenvalue weighted by molar-refractivity contribution is 9.10. The summed E-state index contributed by atoms with van der Waals surface area (Å²) in [6, 6.07) is 11.1. The second-order valence-electron chi connectivity index (χ2n) is 5.12. The largest absolute Gasteiger partial charge is 0.493 e. The first-order valence-corrected chi connectivity index (χ1v) is 9.12. The highest BCUT2D eigenvalue weighted by atomic mass is 79.9. The number of terminal acetylenes is 1. The Morgan fingerprint density at radius 2 is 2.04 bits per heavy atom. The van der Waals surface area contributed by atoms with Crippen LogP contribution < -0.4 is 14.9 Å². The van der Waals surface area contributed by atoms with Gasteiger partial charge in [0.25, 0.3) is 0 Å². The Labute approximate surface area is 169 Å². The van der Waals surface area contributed by atoms with Gasteiger partial charge < -0.3 is 9.47 Å². The molecule has 0 saturated heterocycles. The normalized spacial score (nSPS) is 10.4. The van der Waals surface area contributed by atoms with E-state index in [1.165, 1.54) is 13.3 Å². The van der Waals surface area contributed by atoms with Crippen molar-refractivity contribution in [2.75, 3.05) is 13.7 Å². The number of benzene rings is 2. The zero-order valence-corrected chi connectivity index (χ0v) is 17.1. The molecule has 0 radical (unpaired) electrons. The summed E-state index contributed by atoms with van der Waals surface area (Å²) >= 11 is 6.77. The Morgan fingerprint density at radius 3 is 2.69 bits per heavy atom. The number of hydrazone groups is 1. The summed E-state index contributed by atoms with van der Waals surface area (Å²) in [6.07, 6.45) is 6.98. The number of carbonyl (C=O) groups excluding carboxylic acids is 1. The molecule has 134 valence electrons. The standard InChI is InChI=1S/C19H16Br2N2O3/c1-3-8-26-19-16(21)9-14(10-17(19)25-2)12-22-23-18(24)11-13-4-6-15(20)7-5-13/h1,4-7,9-10,12H,8,11H2,2H3,(H,23,24)/b22-12-. The summed E-state index contributed by atoms with van der Waals surface area (Å²) in [5, 5.41) is 3.98. The van der Waals surface area contributed by atoms with Gasteiger partial charge in [-0.2, -0.15) is 5.10 Å². The highest BCUT2D eigenvalue weighted by Crippen LogP contribution is 2.36. The molecule has 0 aliphatic carbocycles. The molecular weight excluding hydrogens is 464 g/mol. The van der Waals surface area contributed by atoms with E-state index in [1.54, 1.807) is 12.1 Å². The van der Waals surface area contributed by atoms with Gasteiger partial charge in [-0.05, 0) is 51.3 Å².